The van der Waals surface area contributed by atoms with Crippen molar-refractivity contribution in [3.05, 3.63) is 87.9 Å². The highest BCUT2D eigenvalue weighted by Gasteiger charge is 2.25. The van der Waals surface area contributed by atoms with E-state index in [1.165, 1.54) is 75.8 Å². The van der Waals surface area contributed by atoms with Gasteiger partial charge in [0.15, 0.2) is 0 Å². The number of piperidine rings is 4. The van der Waals surface area contributed by atoms with Crippen LogP contribution >= 0.6 is 23.2 Å². The fourth-order valence-corrected chi connectivity index (χ4v) is 8.86. The maximum Gasteiger partial charge on any atom is 0.225 e. The molecule has 9 rings (SSSR count). The van der Waals surface area contributed by atoms with Crippen LogP contribution in [0.1, 0.15) is 95.8 Å². The van der Waals surface area contributed by atoms with Gasteiger partial charge < -0.3 is 19.3 Å². The Bertz CT molecular complexity index is 2160. The number of anilines is 2. The molecule has 1 N–H and O–H groups in total. The summed E-state index contributed by atoms with van der Waals surface area (Å²) in [5.41, 5.74) is 3.71. The number of halogens is 2. The molecule has 0 saturated carbocycles. The van der Waals surface area contributed by atoms with Crippen LogP contribution in [0.2, 0.25) is 10.0 Å². The van der Waals surface area contributed by atoms with Gasteiger partial charge in [-0.3, -0.25) is 9.80 Å². The Hall–Kier alpha value is -5.14. The number of nitriles is 1. The third-order valence-corrected chi connectivity index (χ3v) is 12.3. The number of aromatic nitrogens is 8. The molecule has 0 spiro atoms. The van der Waals surface area contributed by atoms with E-state index in [2.05, 4.69) is 78.4 Å². The Labute approximate surface area is 382 Å². The van der Waals surface area contributed by atoms with Crippen LogP contribution in [0.5, 0.6) is 11.5 Å². The number of hydrogen-bond donors (Lipinski definition) is 1. The van der Waals surface area contributed by atoms with Gasteiger partial charge in [-0.1, -0.05) is 63.0 Å². The zero-order chi connectivity index (χ0) is 41.8. The van der Waals surface area contributed by atoms with Crippen LogP contribution in [0.15, 0.2) is 61.2 Å². The molecule has 15 nitrogen and oxygen atoms in total. The third kappa shape index (κ3) is 13.2. The molecule has 7 heterocycles. The first-order valence-electron chi connectivity index (χ1n) is 21.6. The summed E-state index contributed by atoms with van der Waals surface area (Å²) in [6, 6.07) is 14.5. The molecule has 4 saturated heterocycles. The molecule has 0 aliphatic carbocycles. The molecule has 17 heteroatoms. The lowest BCUT2D eigenvalue weighted by molar-refractivity contribution is 0.170. The molecule has 4 aliphatic rings. The summed E-state index contributed by atoms with van der Waals surface area (Å²) in [5, 5.41) is 24.1. The van der Waals surface area contributed by atoms with Crippen molar-refractivity contribution in [1.82, 2.24) is 50.4 Å². The van der Waals surface area contributed by atoms with Crippen LogP contribution in [0.25, 0.3) is 11.4 Å². The van der Waals surface area contributed by atoms with E-state index in [1.807, 2.05) is 24.3 Å². The number of benzene rings is 2. The molecule has 0 amide bonds. The van der Waals surface area contributed by atoms with E-state index in [0.29, 0.717) is 33.3 Å². The molecule has 63 heavy (non-hydrogen) atoms. The first-order valence-corrected chi connectivity index (χ1v) is 22.3. The zero-order valence-corrected chi connectivity index (χ0v) is 36.0. The zero-order valence-electron chi connectivity index (χ0n) is 34.5. The Kier molecular flexibility index (Phi) is 17.7. The monoisotopic (exact) mass is 897 g/mol. The van der Waals surface area contributed by atoms with E-state index in [1.54, 1.807) is 24.8 Å². The highest BCUT2D eigenvalue weighted by atomic mass is 35.5. The van der Waals surface area contributed by atoms with Gasteiger partial charge >= 0.3 is 0 Å². The second-order valence-electron chi connectivity index (χ2n) is 16.2. The number of hydrogen-bond acceptors (Lipinski definition) is 14. The van der Waals surface area contributed by atoms with Gasteiger partial charge in [0.25, 0.3) is 0 Å². The first-order chi connectivity index (χ1) is 30.0. The fourth-order valence-electron chi connectivity index (χ4n) is 8.36. The van der Waals surface area contributed by atoms with Crippen molar-refractivity contribution in [1.29, 1.82) is 5.26 Å². The Morgan fingerprint density at radius 2 is 1.06 bits per heavy atom. The maximum absolute atomic E-state index is 8.86. The summed E-state index contributed by atoms with van der Waals surface area (Å²) >= 11 is 13.1. The van der Waals surface area contributed by atoms with E-state index in [0.717, 1.165) is 82.0 Å². The molecule has 4 aliphatic heterocycles. The number of H-pyrrole nitrogens is 1. The number of aromatic amines is 1. The van der Waals surface area contributed by atoms with Gasteiger partial charge in [-0.25, -0.2) is 19.9 Å². The Morgan fingerprint density at radius 3 is 1.46 bits per heavy atom. The first kappa shape index (κ1) is 47.3. The van der Waals surface area contributed by atoms with Crippen molar-refractivity contribution < 1.29 is 9.47 Å². The van der Waals surface area contributed by atoms with Gasteiger partial charge in [0, 0.05) is 77.3 Å². The lowest BCUT2D eigenvalue weighted by Gasteiger charge is -2.32. The number of likely N-dealkylation sites (tertiary alicyclic amines) is 2. The molecule has 0 atom stereocenters. The van der Waals surface area contributed by atoms with E-state index >= 15 is 0 Å². The van der Waals surface area contributed by atoms with Crippen molar-refractivity contribution in [2.45, 2.75) is 104 Å². The van der Waals surface area contributed by atoms with Crippen molar-refractivity contribution in [3.63, 3.8) is 0 Å². The van der Waals surface area contributed by atoms with Gasteiger partial charge in [0.05, 0.1) is 33.6 Å². The van der Waals surface area contributed by atoms with Crippen LogP contribution in [0, 0.1) is 11.3 Å². The smallest absolute Gasteiger partial charge is 0.225 e. The number of tetrazole rings is 1. The van der Waals surface area contributed by atoms with E-state index < -0.39 is 0 Å². The van der Waals surface area contributed by atoms with Gasteiger partial charge in [-0.05, 0) is 92.5 Å². The predicted octanol–water partition coefficient (Wildman–Crippen LogP) is 8.65. The molecular weight excluding hydrogens is 838 g/mol. The average Bonchev–Trinajstić information content (AvgIpc) is 3.86. The van der Waals surface area contributed by atoms with E-state index in [9.17, 15) is 0 Å². The number of nitrogens with zero attached hydrogens (tertiary/aromatic N) is 12. The second kappa shape index (κ2) is 23.5. The Morgan fingerprint density at radius 1 is 0.619 bits per heavy atom. The molecule has 336 valence electrons. The van der Waals surface area contributed by atoms with Crippen molar-refractivity contribution >= 4 is 35.1 Å². The molecule has 0 bridgehead atoms. The molecule has 0 radical (unpaired) electrons. The third-order valence-electron chi connectivity index (χ3n) is 11.7. The van der Waals surface area contributed by atoms with Gasteiger partial charge in [-0.15, -0.1) is 10.2 Å². The lowest BCUT2D eigenvalue weighted by atomic mass is 10.1. The van der Waals surface area contributed by atoms with Crippen molar-refractivity contribution in [2.24, 2.45) is 0 Å². The van der Waals surface area contributed by atoms with Gasteiger partial charge in [0.1, 0.15) is 29.8 Å². The van der Waals surface area contributed by atoms with E-state index in [-0.39, 0.29) is 27.1 Å². The number of rotatable bonds is 11. The van der Waals surface area contributed by atoms with Gasteiger partial charge in [-0.2, -0.15) is 10.5 Å². The summed E-state index contributed by atoms with van der Waals surface area (Å²) < 4.78 is 12.4. The summed E-state index contributed by atoms with van der Waals surface area (Å²) in [7, 11) is 0. The minimum atomic E-state index is 0. The fraction of sp³-hybridized carbons (Fsp3) is 0.522. The molecular formula is C46H61Cl2N13O2. The van der Waals surface area contributed by atoms with Gasteiger partial charge in [0.2, 0.25) is 17.7 Å². The van der Waals surface area contributed by atoms with Crippen LogP contribution < -0.4 is 19.3 Å². The van der Waals surface area contributed by atoms with Crippen molar-refractivity contribution in [2.75, 3.05) is 62.2 Å². The predicted molar refractivity (Wildman–Crippen MR) is 248 cm³/mol. The van der Waals surface area contributed by atoms with Crippen LogP contribution in [-0.2, 0) is 13.1 Å². The number of ether oxygens (including phenoxy) is 2. The van der Waals surface area contributed by atoms with Crippen LogP contribution in [0.4, 0.5) is 11.9 Å². The minimum absolute atomic E-state index is 0. The maximum atomic E-state index is 8.86. The van der Waals surface area contributed by atoms with E-state index in [4.69, 9.17) is 37.9 Å². The van der Waals surface area contributed by atoms with Crippen molar-refractivity contribution in [3.8, 4) is 29.0 Å². The normalized spacial score (nSPS) is 17.7. The standard InChI is InChI=1S/C22H27ClN8O.C22H26ClN5O.2CH4/c23-19-12-16(15-30-8-2-1-3-9-30)4-5-20(19)32-18-6-10-31(11-7-18)22-24-13-17(14-25-22)21-26-28-29-27-21;23-20-12-17(16-27-8-2-1-3-9-27)4-5-21(20)29-19-6-10-28(11-7-19)22-25-14-18(13-24)15-26-22;;/h4-5,12-14,18H,1-3,6-11,15H2,(H,26,27,28,29);4-5,12,14-15,19H,1-3,6-11,16H2;2*1H4. The molecule has 5 aromatic rings. The largest absolute Gasteiger partial charge is 0.489 e. The topological polar surface area (TPSA) is 161 Å². The molecule has 2 aromatic carbocycles. The van der Waals surface area contributed by atoms with Crippen LogP contribution in [-0.4, -0.2) is 115 Å². The van der Waals surface area contributed by atoms with Crippen LogP contribution in [0.3, 0.4) is 0 Å². The molecule has 4 fully saturated rings. The quantitative estimate of drug-likeness (QED) is 0.134. The second-order valence-corrected chi connectivity index (χ2v) is 17.0. The Balaban J connectivity index is 0.000000204. The highest BCUT2D eigenvalue weighted by molar-refractivity contribution is 6.32. The molecule has 0 unspecified atom stereocenters. The SMILES string of the molecule is C.C.Clc1cc(CN2CCCCC2)ccc1OC1CCN(c2ncc(-c3nn[nH]n3)cn2)CC1.N#Cc1cnc(N2CCC(Oc3ccc(CN4CCCCC4)cc3Cl)CC2)nc1. The summed E-state index contributed by atoms with van der Waals surface area (Å²) in [4.78, 5) is 26.8. The minimum Gasteiger partial charge on any atom is -0.489 e. The lowest BCUT2D eigenvalue weighted by Crippen LogP contribution is -2.39. The number of nitrogens with one attached hydrogen (secondary N) is 1. The summed E-state index contributed by atoms with van der Waals surface area (Å²) in [6.45, 7) is 9.94. The summed E-state index contributed by atoms with van der Waals surface area (Å²) in [5.74, 6) is 3.40. The molecule has 3 aromatic heterocycles. The average molecular weight is 899 g/mol. The summed E-state index contributed by atoms with van der Waals surface area (Å²) in [6.07, 6.45) is 18.3. The highest BCUT2D eigenvalue weighted by Crippen LogP contribution is 2.31.